The molecular formula is C28H50O3Si. The van der Waals surface area contributed by atoms with Gasteiger partial charge in [-0.2, -0.15) is 0 Å². The summed E-state index contributed by atoms with van der Waals surface area (Å²) in [4.78, 5) is 0. The van der Waals surface area contributed by atoms with Gasteiger partial charge in [0.05, 0.1) is 19.3 Å². The minimum atomic E-state index is -1.71. The predicted octanol–water partition coefficient (Wildman–Crippen LogP) is 7.75. The first-order valence-corrected chi connectivity index (χ1v) is 15.4. The Kier molecular flexibility index (Phi) is 13.0. The lowest BCUT2D eigenvalue weighted by molar-refractivity contribution is -0.00877. The minimum Gasteiger partial charge on any atom is -0.417 e. The molecule has 0 fully saturated rings. The number of hydrogen-bond donors (Lipinski definition) is 1. The first-order valence-electron chi connectivity index (χ1n) is 12.5. The lowest BCUT2D eigenvalue weighted by Crippen LogP contribution is -2.41. The third-order valence-electron chi connectivity index (χ3n) is 7.13. The third-order valence-corrected chi connectivity index (χ3v) is 11.7. The summed E-state index contributed by atoms with van der Waals surface area (Å²) in [6, 6.07) is 10.5. The Hall–Kier alpha value is -0.943. The van der Waals surface area contributed by atoms with Gasteiger partial charge in [0, 0.05) is 6.61 Å². The van der Waals surface area contributed by atoms with Gasteiger partial charge in [0.15, 0.2) is 8.32 Å². The molecule has 1 rings (SSSR count). The Morgan fingerprint density at radius 3 is 2.28 bits per heavy atom. The molecule has 32 heavy (non-hydrogen) atoms. The average molecular weight is 463 g/mol. The maximum atomic E-state index is 9.16. The number of aliphatic hydroxyl groups excluding tert-OH is 1. The molecule has 0 aliphatic rings. The van der Waals surface area contributed by atoms with Crippen molar-refractivity contribution in [3.05, 3.63) is 47.5 Å². The van der Waals surface area contributed by atoms with E-state index in [0.717, 1.165) is 37.9 Å². The van der Waals surface area contributed by atoms with E-state index in [-0.39, 0.29) is 17.7 Å². The number of rotatable bonds is 15. The standard InChI is InChI=1S/C28H50O3Si/c1-23(13-12-14-24(2)21-29)17-18-27(30-22-26-15-10-9-11-16-26)25(3)19-20-31-32(7,8)28(4,5)6/h9-11,14-16,23,25,27,29H,12-13,17-22H2,1-8H3/b24-14+/t23-,25-,27?/m1/s1. The van der Waals surface area contributed by atoms with Crippen molar-refractivity contribution in [2.75, 3.05) is 13.2 Å². The smallest absolute Gasteiger partial charge is 0.191 e. The van der Waals surface area contributed by atoms with Crippen molar-refractivity contribution >= 4 is 8.32 Å². The van der Waals surface area contributed by atoms with Crippen LogP contribution in [-0.2, 0) is 15.8 Å². The van der Waals surface area contributed by atoms with Crippen molar-refractivity contribution in [1.82, 2.24) is 0 Å². The van der Waals surface area contributed by atoms with Crippen molar-refractivity contribution in [1.29, 1.82) is 0 Å². The highest BCUT2D eigenvalue weighted by Crippen LogP contribution is 2.37. The van der Waals surface area contributed by atoms with E-state index in [0.29, 0.717) is 18.4 Å². The molecule has 0 radical (unpaired) electrons. The van der Waals surface area contributed by atoms with E-state index in [2.05, 4.69) is 84.1 Å². The van der Waals surface area contributed by atoms with Crippen molar-refractivity contribution in [2.45, 2.75) is 104 Å². The zero-order valence-corrected chi connectivity index (χ0v) is 23.1. The summed E-state index contributed by atoms with van der Waals surface area (Å²) < 4.78 is 12.9. The largest absolute Gasteiger partial charge is 0.417 e. The minimum absolute atomic E-state index is 0.165. The molecule has 1 unspecified atom stereocenters. The summed E-state index contributed by atoms with van der Waals surface area (Å²) in [6.07, 6.45) is 7.90. The van der Waals surface area contributed by atoms with Gasteiger partial charge < -0.3 is 14.3 Å². The molecule has 1 aromatic carbocycles. The molecule has 0 aliphatic carbocycles. The van der Waals surface area contributed by atoms with E-state index < -0.39 is 8.32 Å². The molecule has 3 nitrogen and oxygen atoms in total. The second kappa shape index (κ2) is 14.3. The second-order valence-corrected chi connectivity index (χ2v) is 16.0. The number of allylic oxidation sites excluding steroid dienone is 1. The highest BCUT2D eigenvalue weighted by atomic mass is 28.4. The van der Waals surface area contributed by atoms with E-state index in [1.54, 1.807) is 0 Å². The van der Waals surface area contributed by atoms with Gasteiger partial charge in [0.2, 0.25) is 0 Å². The quantitative estimate of drug-likeness (QED) is 0.214. The summed E-state index contributed by atoms with van der Waals surface area (Å²) in [7, 11) is -1.71. The van der Waals surface area contributed by atoms with Gasteiger partial charge in [0.1, 0.15) is 0 Å². The van der Waals surface area contributed by atoms with Gasteiger partial charge in [-0.3, -0.25) is 0 Å². The topological polar surface area (TPSA) is 38.7 Å². The van der Waals surface area contributed by atoms with Gasteiger partial charge >= 0.3 is 0 Å². The first kappa shape index (κ1) is 29.1. The second-order valence-electron chi connectivity index (χ2n) is 11.2. The number of hydrogen-bond acceptors (Lipinski definition) is 3. The van der Waals surface area contributed by atoms with Crippen molar-refractivity contribution < 1.29 is 14.3 Å². The lowest BCUT2D eigenvalue weighted by Gasteiger charge is -2.36. The van der Waals surface area contributed by atoms with Crippen LogP contribution in [0.1, 0.15) is 79.2 Å². The van der Waals surface area contributed by atoms with Crippen LogP contribution in [0, 0.1) is 11.8 Å². The highest BCUT2D eigenvalue weighted by Gasteiger charge is 2.37. The maximum Gasteiger partial charge on any atom is 0.191 e. The number of aliphatic hydroxyl groups is 1. The molecular weight excluding hydrogens is 412 g/mol. The normalized spacial score (nSPS) is 16.1. The average Bonchev–Trinajstić information content (AvgIpc) is 2.73. The Balaban J connectivity index is 2.62. The molecule has 0 bridgehead atoms. The van der Waals surface area contributed by atoms with E-state index in [4.69, 9.17) is 14.3 Å². The molecule has 1 N–H and O–H groups in total. The molecule has 0 spiro atoms. The van der Waals surface area contributed by atoms with E-state index in [9.17, 15) is 0 Å². The molecule has 3 atom stereocenters. The van der Waals surface area contributed by atoms with Crippen LogP contribution in [0.5, 0.6) is 0 Å². The SMILES string of the molecule is C/C(=C\CC[C@@H](C)CCC(OCc1ccccc1)[C@H](C)CCO[Si](C)(C)C(C)(C)C)CO. The summed E-state index contributed by atoms with van der Waals surface area (Å²) in [5.41, 5.74) is 2.30. The molecule has 0 aromatic heterocycles. The van der Waals surface area contributed by atoms with Crippen LogP contribution in [0.2, 0.25) is 18.1 Å². The summed E-state index contributed by atoms with van der Waals surface area (Å²) >= 11 is 0. The zero-order chi connectivity index (χ0) is 24.2. The van der Waals surface area contributed by atoms with Crippen LogP contribution in [0.15, 0.2) is 42.0 Å². The Morgan fingerprint density at radius 1 is 1.03 bits per heavy atom. The van der Waals surface area contributed by atoms with Gasteiger partial charge in [-0.25, -0.2) is 0 Å². The van der Waals surface area contributed by atoms with Crippen LogP contribution in [0.3, 0.4) is 0 Å². The van der Waals surface area contributed by atoms with Crippen LogP contribution >= 0.6 is 0 Å². The molecule has 0 saturated carbocycles. The molecule has 184 valence electrons. The van der Waals surface area contributed by atoms with Crippen molar-refractivity contribution in [3.8, 4) is 0 Å². The van der Waals surface area contributed by atoms with E-state index in [1.807, 2.05) is 6.92 Å². The monoisotopic (exact) mass is 462 g/mol. The van der Waals surface area contributed by atoms with Gasteiger partial charge in [-0.1, -0.05) is 76.6 Å². The molecule has 4 heteroatoms. The van der Waals surface area contributed by atoms with Gasteiger partial charge in [-0.15, -0.1) is 0 Å². The number of benzene rings is 1. The van der Waals surface area contributed by atoms with Crippen LogP contribution in [-0.4, -0.2) is 32.7 Å². The summed E-state index contributed by atoms with van der Waals surface area (Å²) in [5.74, 6) is 1.11. The molecule has 0 aliphatic heterocycles. The summed E-state index contributed by atoms with van der Waals surface area (Å²) in [6.45, 7) is 19.9. The molecule has 0 amide bonds. The zero-order valence-electron chi connectivity index (χ0n) is 22.1. The van der Waals surface area contributed by atoms with Gasteiger partial charge in [0.25, 0.3) is 0 Å². The highest BCUT2D eigenvalue weighted by molar-refractivity contribution is 6.74. The maximum absolute atomic E-state index is 9.16. The Labute approximate surface area is 199 Å². The first-order chi connectivity index (χ1) is 15.0. The van der Waals surface area contributed by atoms with Crippen LogP contribution in [0.25, 0.3) is 0 Å². The summed E-state index contributed by atoms with van der Waals surface area (Å²) in [5, 5.41) is 9.41. The molecule has 0 heterocycles. The van der Waals surface area contributed by atoms with Crippen molar-refractivity contribution in [3.63, 3.8) is 0 Å². The van der Waals surface area contributed by atoms with Crippen LogP contribution in [0.4, 0.5) is 0 Å². The fraction of sp³-hybridized carbons (Fsp3) is 0.714. The fourth-order valence-corrected chi connectivity index (χ4v) is 4.55. The van der Waals surface area contributed by atoms with Crippen molar-refractivity contribution in [2.24, 2.45) is 11.8 Å². The number of ether oxygens (including phenoxy) is 1. The Morgan fingerprint density at radius 2 is 1.69 bits per heavy atom. The molecule has 0 saturated heterocycles. The fourth-order valence-electron chi connectivity index (χ4n) is 3.48. The molecule has 1 aromatic rings. The van der Waals surface area contributed by atoms with E-state index >= 15 is 0 Å². The lowest BCUT2D eigenvalue weighted by atomic mass is 9.91. The van der Waals surface area contributed by atoms with E-state index in [1.165, 1.54) is 12.0 Å². The predicted molar refractivity (Wildman–Crippen MR) is 140 cm³/mol. The van der Waals surface area contributed by atoms with Gasteiger partial charge in [-0.05, 0) is 74.6 Å². The third kappa shape index (κ3) is 11.3. The van der Waals surface area contributed by atoms with Crippen LogP contribution < -0.4 is 0 Å². The Bertz CT molecular complexity index is 648.